The van der Waals surface area contributed by atoms with E-state index in [1.54, 1.807) is 30.5 Å². The number of methoxy groups -OCH3 is 1. The molecule has 0 radical (unpaired) electrons. The lowest BCUT2D eigenvalue weighted by Gasteiger charge is -2.39. The second-order valence-electron chi connectivity index (χ2n) is 8.67. The number of halogens is 1. The first kappa shape index (κ1) is 24.4. The molecule has 5 rings (SSSR count). The lowest BCUT2D eigenvalue weighted by molar-refractivity contribution is -0.131. The van der Waals surface area contributed by atoms with E-state index in [-0.39, 0.29) is 11.7 Å². The fourth-order valence-electron chi connectivity index (χ4n) is 4.63. The largest absolute Gasteiger partial charge is 0.495 e. The van der Waals surface area contributed by atoms with E-state index in [1.807, 2.05) is 56.7 Å². The summed E-state index contributed by atoms with van der Waals surface area (Å²) >= 11 is 0. The van der Waals surface area contributed by atoms with E-state index in [1.165, 1.54) is 12.1 Å². The van der Waals surface area contributed by atoms with Gasteiger partial charge in [0.1, 0.15) is 17.4 Å². The molecule has 1 atom stereocenters. The molecule has 0 bridgehead atoms. The second-order valence-corrected chi connectivity index (χ2v) is 8.67. The van der Waals surface area contributed by atoms with Crippen LogP contribution in [0.4, 0.5) is 4.39 Å². The van der Waals surface area contributed by atoms with Crippen molar-refractivity contribution in [2.24, 2.45) is 4.99 Å². The molecule has 0 N–H and O–H groups in total. The van der Waals surface area contributed by atoms with Crippen molar-refractivity contribution in [3.05, 3.63) is 83.2 Å². The van der Waals surface area contributed by atoms with Gasteiger partial charge < -0.3 is 9.30 Å². The molecule has 3 aromatic rings. The highest BCUT2D eigenvalue weighted by Gasteiger charge is 2.46. The van der Waals surface area contributed by atoms with Crippen LogP contribution in [0, 0.1) is 12.7 Å². The molecule has 0 saturated carbocycles. The minimum absolute atomic E-state index is 0.0404. The van der Waals surface area contributed by atoms with Gasteiger partial charge in [-0.15, -0.1) is 0 Å². The summed E-state index contributed by atoms with van der Waals surface area (Å²) in [6.07, 6.45) is 6.81. The van der Waals surface area contributed by atoms with Crippen LogP contribution in [0.3, 0.4) is 0 Å². The van der Waals surface area contributed by atoms with Gasteiger partial charge in [0.15, 0.2) is 0 Å². The summed E-state index contributed by atoms with van der Waals surface area (Å²) in [7, 11) is 1.65. The first-order valence-corrected chi connectivity index (χ1v) is 11.9. The van der Waals surface area contributed by atoms with Crippen LogP contribution in [0.15, 0.2) is 65.6 Å². The maximum absolute atomic E-state index is 13.5. The zero-order chi connectivity index (χ0) is 25.2. The number of piperidine rings is 1. The zero-order valence-corrected chi connectivity index (χ0v) is 20.9. The van der Waals surface area contributed by atoms with Gasteiger partial charge >= 0.3 is 0 Å². The van der Waals surface area contributed by atoms with E-state index >= 15 is 0 Å². The third-order valence-corrected chi connectivity index (χ3v) is 6.39. The maximum Gasteiger partial charge on any atom is 0.229 e. The normalized spacial score (nSPS) is 20.3. The summed E-state index contributed by atoms with van der Waals surface area (Å²) in [5, 5.41) is 0. The first-order valence-electron chi connectivity index (χ1n) is 11.9. The van der Waals surface area contributed by atoms with Gasteiger partial charge in [-0.2, -0.15) is 0 Å². The molecule has 0 spiro atoms. The lowest BCUT2D eigenvalue weighted by atomic mass is 9.88. The van der Waals surface area contributed by atoms with Crippen LogP contribution in [0.25, 0.3) is 11.8 Å². The van der Waals surface area contributed by atoms with Crippen molar-refractivity contribution in [1.29, 1.82) is 0 Å². The number of amidine groups is 1. The van der Waals surface area contributed by atoms with E-state index in [9.17, 15) is 9.18 Å². The van der Waals surface area contributed by atoms with Crippen molar-refractivity contribution in [2.75, 3.05) is 13.7 Å². The Morgan fingerprint density at radius 3 is 2.51 bits per heavy atom. The Kier molecular flexibility index (Phi) is 6.87. The number of benzene rings is 2. The molecule has 2 aromatic carbocycles. The molecule has 7 heteroatoms. The molecule has 1 unspecified atom stereocenters. The van der Waals surface area contributed by atoms with Gasteiger partial charge in [0.25, 0.3) is 0 Å². The van der Waals surface area contributed by atoms with Crippen molar-refractivity contribution in [1.82, 2.24) is 14.5 Å². The number of imidazole rings is 1. The second kappa shape index (κ2) is 9.86. The Morgan fingerprint density at radius 1 is 1.11 bits per heavy atom. The van der Waals surface area contributed by atoms with Crippen molar-refractivity contribution >= 4 is 17.8 Å². The predicted octanol–water partition coefficient (Wildman–Crippen LogP) is 5.69. The molecule has 1 aromatic heterocycles. The topological polar surface area (TPSA) is 59.7 Å². The number of amides is 1. The quantitative estimate of drug-likeness (QED) is 0.488. The number of aromatic nitrogens is 2. The van der Waals surface area contributed by atoms with Gasteiger partial charge in [0.05, 0.1) is 36.9 Å². The number of aryl methyl sites for hydroxylation is 1. The molecule has 3 heterocycles. The third kappa shape index (κ3) is 4.50. The molecule has 2 aliphatic rings. The first-order chi connectivity index (χ1) is 16.9. The number of nitrogens with zero attached hydrogens (tertiary/aromatic N) is 4. The van der Waals surface area contributed by atoms with Gasteiger partial charge in [-0.05, 0) is 67.3 Å². The SMILES string of the molecule is CC.COc1cc(/C=C2\CCC(=O)N3C2=NCC3(C)c2ccc(F)cc2)ccc1-n1cnc(C)c1. The average Bonchev–Trinajstić information content (AvgIpc) is 3.47. The monoisotopic (exact) mass is 474 g/mol. The number of carbonyl (C=O) groups is 1. The molecule has 182 valence electrons. The molecule has 1 saturated heterocycles. The Labute approximate surface area is 205 Å². The van der Waals surface area contributed by atoms with E-state index in [0.29, 0.717) is 25.2 Å². The molecule has 1 fully saturated rings. The summed E-state index contributed by atoms with van der Waals surface area (Å²) in [4.78, 5) is 23.8. The standard InChI is InChI=1S/C26H25FN4O2.C2H6/c1-17-14-30(16-29-17)22-10-4-18(13-23(22)33-3)12-19-5-11-24(32)31-25(19)28-15-26(31,2)20-6-8-21(27)9-7-20;1-2/h4,6-10,12-14,16H,5,11,15H2,1-3H3;1-2H3/b19-12+;. The third-order valence-electron chi connectivity index (χ3n) is 6.39. The minimum atomic E-state index is -0.625. The van der Waals surface area contributed by atoms with E-state index in [4.69, 9.17) is 9.73 Å². The maximum atomic E-state index is 13.5. The van der Waals surface area contributed by atoms with E-state index < -0.39 is 5.54 Å². The smallest absolute Gasteiger partial charge is 0.229 e. The summed E-state index contributed by atoms with van der Waals surface area (Å²) in [6, 6.07) is 12.3. The number of fused-ring (bicyclic) bond motifs is 1. The number of aliphatic imine (C=N–C) groups is 1. The number of hydrogen-bond donors (Lipinski definition) is 0. The predicted molar refractivity (Wildman–Crippen MR) is 136 cm³/mol. The molecule has 0 aliphatic carbocycles. The van der Waals surface area contributed by atoms with Gasteiger partial charge in [-0.3, -0.25) is 14.7 Å². The van der Waals surface area contributed by atoms with Crippen LogP contribution < -0.4 is 4.74 Å². The number of carbonyl (C=O) groups excluding carboxylic acids is 1. The number of hydrogen-bond acceptors (Lipinski definition) is 4. The minimum Gasteiger partial charge on any atom is -0.495 e. The molecule has 35 heavy (non-hydrogen) atoms. The summed E-state index contributed by atoms with van der Waals surface area (Å²) in [6.45, 7) is 8.38. The molecule has 2 aliphatic heterocycles. The fraction of sp³-hybridized carbons (Fsp3) is 0.321. The molecule has 6 nitrogen and oxygen atoms in total. The van der Waals surface area contributed by atoms with Crippen LogP contribution >= 0.6 is 0 Å². The van der Waals surface area contributed by atoms with Gasteiger partial charge in [-0.1, -0.05) is 32.0 Å². The van der Waals surface area contributed by atoms with E-state index in [2.05, 4.69) is 11.1 Å². The molecular formula is C28H31FN4O2. The lowest BCUT2D eigenvalue weighted by Crippen LogP contribution is -2.50. The van der Waals surface area contributed by atoms with Crippen molar-refractivity contribution in [3.63, 3.8) is 0 Å². The van der Waals surface area contributed by atoms with E-state index in [0.717, 1.165) is 33.8 Å². The van der Waals surface area contributed by atoms with Crippen LogP contribution in [0.1, 0.15) is 50.4 Å². The Hall–Kier alpha value is -3.74. The Bertz CT molecular complexity index is 1290. The van der Waals surface area contributed by atoms with Crippen molar-refractivity contribution in [2.45, 2.75) is 46.1 Å². The summed E-state index contributed by atoms with van der Waals surface area (Å²) < 4.78 is 21.1. The van der Waals surface area contributed by atoms with Gasteiger partial charge in [0.2, 0.25) is 5.91 Å². The van der Waals surface area contributed by atoms with Crippen LogP contribution in [0.5, 0.6) is 5.75 Å². The van der Waals surface area contributed by atoms with Crippen LogP contribution in [-0.4, -0.2) is 39.8 Å². The van der Waals surface area contributed by atoms with Gasteiger partial charge in [-0.25, -0.2) is 9.37 Å². The average molecular weight is 475 g/mol. The zero-order valence-electron chi connectivity index (χ0n) is 20.9. The summed E-state index contributed by atoms with van der Waals surface area (Å²) in [5.74, 6) is 1.18. The van der Waals surface area contributed by atoms with Crippen molar-refractivity contribution < 1.29 is 13.9 Å². The number of rotatable bonds is 4. The van der Waals surface area contributed by atoms with Crippen molar-refractivity contribution in [3.8, 4) is 11.4 Å². The van der Waals surface area contributed by atoms with Crippen LogP contribution in [-0.2, 0) is 10.3 Å². The molecular weight excluding hydrogens is 443 g/mol. The Morgan fingerprint density at radius 2 is 1.86 bits per heavy atom. The highest BCUT2D eigenvalue weighted by molar-refractivity contribution is 6.14. The Balaban J connectivity index is 0.00000141. The number of ether oxygens (including phenoxy) is 1. The highest BCUT2D eigenvalue weighted by Crippen LogP contribution is 2.40. The van der Waals surface area contributed by atoms with Gasteiger partial charge in [0, 0.05) is 12.6 Å². The molecule has 1 amide bonds. The highest BCUT2D eigenvalue weighted by atomic mass is 19.1. The summed E-state index contributed by atoms with van der Waals surface area (Å²) in [5.41, 5.74) is 4.06. The fourth-order valence-corrected chi connectivity index (χ4v) is 4.63. The van der Waals surface area contributed by atoms with Crippen LogP contribution in [0.2, 0.25) is 0 Å².